The molecule has 6 rings (SSSR count). The molecule has 13 atom stereocenters. The van der Waals surface area contributed by atoms with Crippen LogP contribution in [0, 0.1) is 5.92 Å². The van der Waals surface area contributed by atoms with E-state index < -0.39 is 176 Å². The predicted molar refractivity (Wildman–Crippen MR) is 273 cm³/mol. The summed E-state index contributed by atoms with van der Waals surface area (Å²) in [5.41, 5.74) is -0.183. The van der Waals surface area contributed by atoms with Gasteiger partial charge in [-0.25, -0.2) is 4.79 Å². The van der Waals surface area contributed by atoms with E-state index in [1.165, 1.54) is 33.8 Å². The number of ether oxygens (including phenoxy) is 3. The van der Waals surface area contributed by atoms with Crippen molar-refractivity contribution in [2.75, 3.05) is 39.4 Å². The van der Waals surface area contributed by atoms with Crippen molar-refractivity contribution in [3.63, 3.8) is 0 Å². The maximum Gasteiger partial charge on any atom is 1.00 e. The van der Waals surface area contributed by atoms with Crippen LogP contribution in [-0.4, -0.2) is 211 Å². The average Bonchev–Trinajstić information content (AvgIpc) is 4.11. The van der Waals surface area contributed by atoms with Crippen molar-refractivity contribution in [3.05, 3.63) is 59.7 Å². The van der Waals surface area contributed by atoms with Gasteiger partial charge < -0.3 is 101 Å². The van der Waals surface area contributed by atoms with E-state index in [2.05, 4.69) is 41.3 Å². The molecular formula is C50H71N8NaO21S. The van der Waals surface area contributed by atoms with Crippen LogP contribution in [0.2, 0.25) is 0 Å². The Morgan fingerprint density at radius 3 is 2.15 bits per heavy atom. The molecule has 0 aliphatic carbocycles. The van der Waals surface area contributed by atoms with Crippen molar-refractivity contribution in [2.24, 2.45) is 5.92 Å². The quantitative estimate of drug-likeness (QED) is 0.0259. The molecule has 0 spiro atoms. The van der Waals surface area contributed by atoms with Crippen LogP contribution in [0.4, 0.5) is 4.79 Å². The summed E-state index contributed by atoms with van der Waals surface area (Å²) in [4.78, 5) is 102. The Morgan fingerprint density at radius 2 is 1.49 bits per heavy atom. The minimum atomic E-state index is -2.12. The number of β-amino-alcohol motifs (C(OH)–C–C–N with tert-alkyl or cyclic N) is 1. The second-order valence-electron chi connectivity index (χ2n) is 21.1. The molecule has 4 saturated heterocycles. The zero-order chi connectivity index (χ0) is 58.6. The van der Waals surface area contributed by atoms with Crippen molar-refractivity contribution in [1.82, 2.24) is 41.7 Å². The number of aliphatic hydroxyl groups excluding tert-OH is 6. The second-order valence-corrected chi connectivity index (χ2v) is 21.5. The maximum atomic E-state index is 15.0. The molecule has 29 nitrogen and oxygen atoms in total. The van der Waals surface area contributed by atoms with E-state index in [0.29, 0.717) is 0 Å². The average molecular weight is 1180 g/mol. The number of carbonyl (C=O) groups is 7. The summed E-state index contributed by atoms with van der Waals surface area (Å²) < 4.78 is 26.3. The molecule has 4 aliphatic heterocycles. The molecule has 2 aromatic rings. The molecule has 13 N–H and O–H groups in total. The molecule has 31 heteroatoms. The molecule has 7 amide bonds. The first-order chi connectivity index (χ1) is 37.8. The van der Waals surface area contributed by atoms with Crippen LogP contribution in [0.25, 0.3) is 0 Å². The zero-order valence-electron chi connectivity index (χ0n) is 45.5. The molecule has 0 unspecified atom stereocenters. The van der Waals surface area contributed by atoms with Crippen molar-refractivity contribution in [3.8, 4) is 11.5 Å². The minimum absolute atomic E-state index is 0. The van der Waals surface area contributed by atoms with Crippen LogP contribution in [0.3, 0.4) is 0 Å². The van der Waals surface area contributed by atoms with Gasteiger partial charge in [-0.1, -0.05) is 43.3 Å². The Labute approximate surface area is 492 Å². The smallest absolute Gasteiger partial charge is 0.691 e. The van der Waals surface area contributed by atoms with Gasteiger partial charge in [0.05, 0.1) is 55.9 Å². The number of phenolic OH excluding ortho intramolecular Hbond substituents is 1. The monoisotopic (exact) mass is 1170 g/mol. The molecule has 0 aromatic heterocycles. The van der Waals surface area contributed by atoms with Crippen LogP contribution in [-0.2, 0) is 58.8 Å². The SMILES string of the molecule is C[C@@H]1CN2C(=O)[C@H]([C@@H](O)CCNC3COC(c4ccccc4)OC3)NC(=O)[C@H]([C@H](O)Cc3ccc(O)c(OSOO[O-])c3)NC(=O)[C@@H]3C[C@H](O)CN3C(=O)[C@H]([C@@H](C)O)NC(=O)[C@@H](NC(=O)OC(C)(C)C)C[C@H](O)CNC(=O)[C@@H]2[C@H]1O.[Na+]. The van der Waals surface area contributed by atoms with Gasteiger partial charge in [-0.15, -0.1) is 4.33 Å². The molecular weight excluding hydrogens is 1100 g/mol. The number of amides is 7. The molecule has 0 radical (unpaired) electrons. The summed E-state index contributed by atoms with van der Waals surface area (Å²) in [7, 11) is 0. The normalized spacial score (nSPS) is 29.5. The fourth-order valence-corrected chi connectivity index (χ4v) is 9.82. The minimum Gasteiger partial charge on any atom is -0.691 e. The van der Waals surface area contributed by atoms with E-state index in [0.717, 1.165) is 34.4 Å². The summed E-state index contributed by atoms with van der Waals surface area (Å²) in [5, 5.41) is 108. The van der Waals surface area contributed by atoms with Crippen LogP contribution in [0.5, 0.6) is 11.5 Å². The number of nitrogens with zero attached hydrogens (tertiary/aromatic N) is 2. The fourth-order valence-electron chi connectivity index (χ4n) is 9.57. The third-order valence-electron chi connectivity index (χ3n) is 13.6. The molecule has 4 fully saturated rings. The van der Waals surface area contributed by atoms with Gasteiger partial charge in [-0.2, -0.15) is 0 Å². The molecule has 4 heterocycles. The van der Waals surface area contributed by atoms with Gasteiger partial charge in [0.25, 0.3) is 12.3 Å². The van der Waals surface area contributed by atoms with Gasteiger partial charge in [-0.05, 0) is 58.4 Å². The van der Waals surface area contributed by atoms with Crippen molar-refractivity contribution < 1.29 is 132 Å². The molecule has 444 valence electrons. The third kappa shape index (κ3) is 18.5. The number of carbonyl (C=O) groups excluding carboxylic acids is 7. The first-order valence-corrected chi connectivity index (χ1v) is 26.5. The second kappa shape index (κ2) is 30.5. The predicted octanol–water partition coefficient (Wildman–Crippen LogP) is -7.30. The van der Waals surface area contributed by atoms with Crippen molar-refractivity contribution in [2.45, 2.75) is 151 Å². The van der Waals surface area contributed by atoms with Gasteiger partial charge in [0.1, 0.15) is 41.9 Å². The number of phenols is 1. The van der Waals surface area contributed by atoms with E-state index in [1.807, 2.05) is 30.3 Å². The van der Waals surface area contributed by atoms with Crippen LogP contribution < -0.4 is 70.9 Å². The Bertz CT molecular complexity index is 2460. The molecule has 0 bridgehead atoms. The number of nitrogens with one attached hydrogen (secondary N) is 6. The molecule has 0 saturated carbocycles. The Balaban J connectivity index is 0.0000120. The largest absolute Gasteiger partial charge is 1.00 e. The molecule has 4 aliphatic rings. The van der Waals surface area contributed by atoms with Gasteiger partial charge in [0.15, 0.2) is 17.8 Å². The topological polar surface area (TPSA) is 418 Å². The van der Waals surface area contributed by atoms with E-state index >= 15 is 0 Å². The Morgan fingerprint density at radius 1 is 0.840 bits per heavy atom. The maximum absolute atomic E-state index is 15.0. The number of alkyl carbamates (subject to hydrolysis) is 1. The summed E-state index contributed by atoms with van der Waals surface area (Å²) >= 11 is 0.0195. The van der Waals surface area contributed by atoms with Gasteiger partial charge in [0, 0.05) is 50.4 Å². The summed E-state index contributed by atoms with van der Waals surface area (Å²) in [6.45, 7) is 6.01. The van der Waals surface area contributed by atoms with Crippen LogP contribution >= 0.6 is 12.3 Å². The van der Waals surface area contributed by atoms with E-state index in [-0.39, 0.29) is 85.9 Å². The number of hydrogen-bond acceptors (Lipinski definition) is 23. The van der Waals surface area contributed by atoms with Crippen LogP contribution in [0.1, 0.15) is 71.3 Å². The van der Waals surface area contributed by atoms with Gasteiger partial charge in [-0.3, -0.25) is 33.8 Å². The first-order valence-electron chi connectivity index (χ1n) is 25.9. The number of rotatable bonds is 15. The van der Waals surface area contributed by atoms with E-state index in [9.17, 15) is 74.6 Å². The Kier molecular flexibility index (Phi) is 25.2. The molecule has 81 heavy (non-hydrogen) atoms. The van der Waals surface area contributed by atoms with Gasteiger partial charge in [0.2, 0.25) is 35.4 Å². The number of fused-ring (bicyclic) bond motifs is 2. The van der Waals surface area contributed by atoms with Crippen molar-refractivity contribution in [1.29, 1.82) is 0 Å². The molecule has 2 aromatic carbocycles. The van der Waals surface area contributed by atoms with E-state index in [1.54, 1.807) is 0 Å². The summed E-state index contributed by atoms with van der Waals surface area (Å²) in [5.74, 6) is -8.55. The van der Waals surface area contributed by atoms with Gasteiger partial charge >= 0.3 is 35.7 Å². The Hall–Kier alpha value is -5.00. The standard InChI is InChI=1S/C50H72N8O21S.Na/c1-24-20-58-40(41(24)65)45(69)52-19-29(60)17-31(53-49(72)76-50(3,4)5)42(66)54-37(25(2)59)46(70)57-21-30(61)18-32(57)43(67)55-38(35(64)15-26-11-12-33(62)36(16-26)77-80-79-78-73)44(68)56-39(47(58)71)34(63)13-14-51-28-22-74-48(75-23-28)27-9-7-6-8-10-27;/h6-12,16,24-25,28-32,34-35,37-41,48,51,59-65,73H,13-15,17-23H2,1-5H3,(H,52,69)(H,53,72)(H,54,66)(H,55,67)(H,56,68);/q;+1/p-1/t24-,25-,28?,29+,30+,31+,32+,34+,35-,37+,38+,39+,40+,41+,48?;/m1./s1. The fraction of sp³-hybridized carbons (Fsp3) is 0.620. The number of hydrogen-bond donors (Lipinski definition) is 13. The zero-order valence-corrected chi connectivity index (χ0v) is 48.3. The number of benzene rings is 2. The number of aliphatic hydroxyl groups is 6. The summed E-state index contributed by atoms with van der Waals surface area (Å²) in [6.07, 6.45) is -14.0. The summed E-state index contributed by atoms with van der Waals surface area (Å²) in [6, 6.07) is 1.15. The van der Waals surface area contributed by atoms with Crippen LogP contribution in [0.15, 0.2) is 48.5 Å². The van der Waals surface area contributed by atoms with E-state index in [4.69, 9.17) is 18.4 Å². The van der Waals surface area contributed by atoms with Crippen molar-refractivity contribution >= 4 is 53.9 Å². The first kappa shape index (κ1) is 66.8. The number of aromatic hydroxyl groups is 1. The third-order valence-corrected chi connectivity index (χ3v) is 14.0.